The first kappa shape index (κ1) is 35.8. The van der Waals surface area contributed by atoms with Crippen molar-refractivity contribution in [3.8, 4) is 0 Å². The average Bonchev–Trinajstić information content (AvgIpc) is 1.78. The third-order valence-electron chi connectivity index (χ3n) is 1.16. The quantitative estimate of drug-likeness (QED) is 0.340. The number of nitrogens with zero attached hydrogens (tertiary/aromatic N) is 1. The van der Waals surface area contributed by atoms with Gasteiger partial charge < -0.3 is 33.8 Å². The molecule has 0 saturated carbocycles. The third-order valence-corrected chi connectivity index (χ3v) is 2.66. The van der Waals surface area contributed by atoms with Gasteiger partial charge in [-0.25, -0.2) is 0 Å². The zero-order valence-electron chi connectivity index (χ0n) is 11.1. The van der Waals surface area contributed by atoms with Crippen molar-refractivity contribution in [3.63, 3.8) is 0 Å². The van der Waals surface area contributed by atoms with E-state index < -0.39 is 34.4 Å². The van der Waals surface area contributed by atoms with Gasteiger partial charge in [0.2, 0.25) is 0 Å². The van der Waals surface area contributed by atoms with Crippen LogP contribution in [0.4, 0.5) is 0 Å². The minimum atomic E-state index is -4.92. The summed E-state index contributed by atoms with van der Waals surface area (Å²) in [6.07, 6.45) is -2.16. The maximum atomic E-state index is 10.3. The summed E-state index contributed by atoms with van der Waals surface area (Å²) in [6, 6.07) is 0. The van der Waals surface area contributed by atoms with E-state index in [0.717, 1.165) is 0 Å². The fraction of sp³-hybridized carbons (Fsp3) is 1.00. The molecule has 0 rings (SSSR count). The smallest absolute Gasteiger partial charge is 0.810 e. The summed E-state index contributed by atoms with van der Waals surface area (Å²) in [4.78, 5) is 41.6. The summed E-state index contributed by atoms with van der Waals surface area (Å²) in [6.45, 7) is -0.900. The fourth-order valence-electron chi connectivity index (χ4n) is 0.817. The molecule has 0 fully saturated rings. The molecular weight excluding hydrogens is 392 g/mol. The maximum absolute atomic E-state index is 10.3. The summed E-state index contributed by atoms with van der Waals surface area (Å²) in [7, 11) is -9.84. The molecule has 0 unspecified atom stereocenters. The molecule has 0 spiro atoms. The van der Waals surface area contributed by atoms with Crippen LogP contribution in [0.15, 0.2) is 0 Å². The van der Waals surface area contributed by atoms with E-state index in [2.05, 4.69) is 0 Å². The zero-order chi connectivity index (χ0) is 11.4. The van der Waals surface area contributed by atoms with Gasteiger partial charge in [-0.15, -0.1) is 0 Å². The van der Waals surface area contributed by atoms with Crippen LogP contribution in [0.2, 0.25) is 0 Å². The number of aliphatic hydroxyl groups excluding tert-OH is 1. The van der Waals surface area contributed by atoms with Crippen molar-refractivity contribution in [3.05, 3.63) is 0 Å². The summed E-state index contributed by atoms with van der Waals surface area (Å²) in [5.74, 6) is 0. The molecule has 14 heteroatoms. The predicted octanol–water partition coefficient (Wildman–Crippen LogP) is -16.0. The van der Waals surface area contributed by atoms with Gasteiger partial charge in [-0.2, -0.15) is 0 Å². The van der Waals surface area contributed by atoms with E-state index in [1.807, 2.05) is 0 Å². The third kappa shape index (κ3) is 27.6. The van der Waals surface area contributed by atoms with Gasteiger partial charge in [0.1, 0.15) is 0 Å². The molecule has 0 saturated heterocycles. The molecular formula is C4H9K4NO7P2. The van der Waals surface area contributed by atoms with Crippen LogP contribution in [0.5, 0.6) is 0 Å². The molecule has 0 heterocycles. The summed E-state index contributed by atoms with van der Waals surface area (Å²) >= 11 is 0. The molecule has 0 radical (unpaired) electrons. The molecule has 0 bridgehead atoms. The number of rotatable bonds is 6. The van der Waals surface area contributed by atoms with Crippen LogP contribution in [0, 0.1) is 0 Å². The zero-order valence-corrected chi connectivity index (χ0v) is 25.3. The molecule has 0 aromatic heterocycles. The molecule has 0 aliphatic rings. The van der Waals surface area contributed by atoms with Gasteiger partial charge in [-0.3, -0.25) is 4.90 Å². The Kier molecular flexibility index (Phi) is 36.9. The van der Waals surface area contributed by atoms with Gasteiger partial charge in [0.15, 0.2) is 0 Å². The second-order valence-corrected chi connectivity index (χ2v) is 5.63. The SMILES string of the molecule is O=P([O-])([O-])CN(CCO)CP(=O)([O-])[O-].[K+].[K+].[K+].[K+]. The average molecular weight is 401 g/mol. The van der Waals surface area contributed by atoms with Crippen LogP contribution in [-0.2, 0) is 9.13 Å². The first-order valence-electron chi connectivity index (χ1n) is 3.49. The molecule has 18 heavy (non-hydrogen) atoms. The van der Waals surface area contributed by atoms with Crippen molar-refractivity contribution >= 4 is 15.2 Å². The number of hydrogen-bond acceptors (Lipinski definition) is 8. The van der Waals surface area contributed by atoms with Crippen molar-refractivity contribution in [1.29, 1.82) is 0 Å². The van der Waals surface area contributed by atoms with E-state index in [9.17, 15) is 28.7 Å². The molecule has 0 aliphatic heterocycles. The Morgan fingerprint density at radius 3 is 1.28 bits per heavy atom. The van der Waals surface area contributed by atoms with Crippen LogP contribution in [0.25, 0.3) is 0 Å². The van der Waals surface area contributed by atoms with Gasteiger partial charge in [-0.05, 0) is 0 Å². The van der Waals surface area contributed by atoms with Crippen molar-refractivity contribution < 1.29 is 239 Å². The van der Waals surface area contributed by atoms with Crippen LogP contribution >= 0.6 is 15.2 Å². The largest absolute Gasteiger partial charge is 1.00 e. The summed E-state index contributed by atoms with van der Waals surface area (Å²) < 4.78 is 20.5. The molecule has 1 N–H and O–H groups in total. The van der Waals surface area contributed by atoms with Crippen molar-refractivity contribution in [2.24, 2.45) is 0 Å². The van der Waals surface area contributed by atoms with Crippen LogP contribution in [0.3, 0.4) is 0 Å². The normalized spacial score (nSPS) is 10.6. The van der Waals surface area contributed by atoms with Gasteiger partial charge >= 0.3 is 206 Å². The Morgan fingerprint density at radius 1 is 0.833 bits per heavy atom. The number of hydrogen-bond donors (Lipinski definition) is 1. The van der Waals surface area contributed by atoms with Crippen LogP contribution in [0.1, 0.15) is 0 Å². The Hall–Kier alpha value is 6.77. The Balaban J connectivity index is -0.000000141. The molecule has 8 nitrogen and oxygen atoms in total. The summed E-state index contributed by atoms with van der Waals surface area (Å²) in [5, 5.41) is 8.40. The molecule has 0 atom stereocenters. The first-order valence-corrected chi connectivity index (χ1v) is 6.95. The molecule has 86 valence electrons. The molecule has 0 aliphatic carbocycles. The van der Waals surface area contributed by atoms with E-state index in [-0.39, 0.29) is 212 Å². The van der Waals surface area contributed by atoms with Gasteiger partial charge in [0.25, 0.3) is 0 Å². The minimum Gasteiger partial charge on any atom is -0.810 e. The van der Waals surface area contributed by atoms with Gasteiger partial charge in [0, 0.05) is 19.1 Å². The van der Waals surface area contributed by atoms with Crippen LogP contribution < -0.4 is 225 Å². The first-order chi connectivity index (χ1) is 6.14. The topological polar surface area (TPSA) is 150 Å². The number of aliphatic hydroxyl groups is 1. The van der Waals surface area contributed by atoms with E-state index in [0.29, 0.717) is 4.90 Å². The van der Waals surface area contributed by atoms with E-state index in [1.165, 1.54) is 0 Å². The van der Waals surface area contributed by atoms with Gasteiger partial charge in [-0.1, -0.05) is 15.2 Å². The van der Waals surface area contributed by atoms with Crippen LogP contribution in [-0.4, -0.2) is 35.7 Å². The molecule has 0 aromatic carbocycles. The molecule has 0 aromatic rings. The minimum absolute atomic E-state index is 0. The second kappa shape index (κ2) is 18.6. The second-order valence-electron chi connectivity index (χ2n) is 2.62. The molecule has 0 amide bonds. The standard InChI is InChI=1S/C4H13NO7P2.4K/c6-2-1-5(3-13(7,8)9)4-14(10,11)12;;;;/h6H,1-4H2,(H2,7,8,9)(H2,10,11,12);;;;/q;4*+1/p-4. The van der Waals surface area contributed by atoms with Crippen molar-refractivity contribution in [1.82, 2.24) is 4.90 Å². The maximum Gasteiger partial charge on any atom is 1.00 e. The van der Waals surface area contributed by atoms with Gasteiger partial charge in [0.05, 0.1) is 6.61 Å². The monoisotopic (exact) mass is 401 g/mol. The van der Waals surface area contributed by atoms with E-state index >= 15 is 0 Å². The van der Waals surface area contributed by atoms with Crippen molar-refractivity contribution in [2.75, 3.05) is 25.7 Å². The Labute approximate surface area is 276 Å². The van der Waals surface area contributed by atoms with E-state index in [4.69, 9.17) is 5.11 Å². The Morgan fingerprint density at radius 2 is 1.11 bits per heavy atom. The Bertz CT molecular complexity index is 246. The summed E-state index contributed by atoms with van der Waals surface area (Å²) in [5.41, 5.74) is 0. The van der Waals surface area contributed by atoms with E-state index in [1.54, 1.807) is 0 Å². The fourth-order valence-corrected chi connectivity index (χ4v) is 2.44. The predicted molar refractivity (Wildman–Crippen MR) is 38.7 cm³/mol. The van der Waals surface area contributed by atoms with Crippen molar-refractivity contribution in [2.45, 2.75) is 0 Å².